The van der Waals surface area contributed by atoms with Crippen LogP contribution in [0.5, 0.6) is 0 Å². The fourth-order valence-corrected chi connectivity index (χ4v) is 3.15. The molecular formula is C14H19BrN2O3. The first-order chi connectivity index (χ1) is 9.36. The van der Waals surface area contributed by atoms with E-state index in [0.29, 0.717) is 23.0 Å². The van der Waals surface area contributed by atoms with Crippen LogP contribution >= 0.6 is 15.9 Å². The van der Waals surface area contributed by atoms with Crippen LogP contribution < -0.4 is 10.7 Å². The molecule has 5 nitrogen and oxygen atoms in total. The zero-order valence-corrected chi connectivity index (χ0v) is 13.4. The summed E-state index contributed by atoms with van der Waals surface area (Å²) in [6.07, 6.45) is 4.79. The number of carbonyl (C=O) groups excluding carboxylic acids is 1. The summed E-state index contributed by atoms with van der Waals surface area (Å²) in [6, 6.07) is 0. The summed E-state index contributed by atoms with van der Waals surface area (Å²) in [6.45, 7) is 3.93. The smallest absolute Gasteiger partial charge is 0.227 e. The molecule has 1 aliphatic heterocycles. The Morgan fingerprint density at radius 2 is 1.95 bits per heavy atom. The number of hydrogen-bond donors (Lipinski definition) is 1. The Labute approximate surface area is 126 Å². The van der Waals surface area contributed by atoms with E-state index in [1.165, 1.54) is 0 Å². The molecule has 110 valence electrons. The van der Waals surface area contributed by atoms with Gasteiger partial charge >= 0.3 is 0 Å². The molecule has 1 fully saturated rings. The summed E-state index contributed by atoms with van der Waals surface area (Å²) in [5.41, 5.74) is 0.100. The molecule has 0 saturated carbocycles. The molecule has 20 heavy (non-hydrogen) atoms. The lowest BCUT2D eigenvalue weighted by Gasteiger charge is -2.31. The normalized spacial score (nSPS) is 26.3. The SMILES string of the molecule is CC1CC(C(=O)Nc2cn(C)cc(Br)c2=O)CC(C)O1. The van der Waals surface area contributed by atoms with Crippen LogP contribution in [0.3, 0.4) is 0 Å². The number of halogens is 1. The van der Waals surface area contributed by atoms with Gasteiger partial charge in [-0.05, 0) is 42.6 Å². The van der Waals surface area contributed by atoms with Crippen LogP contribution in [0.2, 0.25) is 0 Å². The van der Waals surface area contributed by atoms with Crippen LogP contribution in [0.4, 0.5) is 5.69 Å². The highest BCUT2D eigenvalue weighted by molar-refractivity contribution is 9.10. The molecule has 2 rings (SSSR count). The van der Waals surface area contributed by atoms with Crippen LogP contribution in [-0.4, -0.2) is 22.7 Å². The molecule has 1 N–H and O–H groups in total. The fourth-order valence-electron chi connectivity index (χ4n) is 2.61. The van der Waals surface area contributed by atoms with E-state index in [1.807, 2.05) is 13.8 Å². The number of ether oxygens (including phenoxy) is 1. The van der Waals surface area contributed by atoms with Crippen LogP contribution in [-0.2, 0) is 16.6 Å². The number of hydrogen-bond acceptors (Lipinski definition) is 3. The number of amides is 1. The lowest BCUT2D eigenvalue weighted by Crippen LogP contribution is -2.36. The first kappa shape index (κ1) is 15.3. The quantitative estimate of drug-likeness (QED) is 0.896. The minimum Gasteiger partial charge on any atom is -0.376 e. The summed E-state index contributed by atoms with van der Waals surface area (Å²) < 4.78 is 7.79. The highest BCUT2D eigenvalue weighted by Crippen LogP contribution is 2.25. The predicted octanol–water partition coefficient (Wildman–Crippen LogP) is 2.29. The van der Waals surface area contributed by atoms with Crippen molar-refractivity contribution in [2.75, 3.05) is 5.32 Å². The number of nitrogens with one attached hydrogen (secondary N) is 1. The maximum Gasteiger partial charge on any atom is 0.227 e. The van der Waals surface area contributed by atoms with Crippen molar-refractivity contribution in [2.24, 2.45) is 13.0 Å². The molecule has 2 heterocycles. The van der Waals surface area contributed by atoms with Crippen molar-refractivity contribution in [1.82, 2.24) is 4.57 Å². The molecule has 6 heteroatoms. The number of carbonyl (C=O) groups is 1. The average molecular weight is 343 g/mol. The largest absolute Gasteiger partial charge is 0.376 e. The molecule has 0 radical (unpaired) electrons. The summed E-state index contributed by atoms with van der Waals surface area (Å²) in [5, 5.41) is 2.74. The third-order valence-electron chi connectivity index (χ3n) is 3.44. The van der Waals surface area contributed by atoms with E-state index in [9.17, 15) is 9.59 Å². The van der Waals surface area contributed by atoms with Crippen molar-refractivity contribution in [1.29, 1.82) is 0 Å². The highest BCUT2D eigenvalue weighted by atomic mass is 79.9. The van der Waals surface area contributed by atoms with Crippen molar-refractivity contribution < 1.29 is 9.53 Å². The molecule has 1 amide bonds. The maximum absolute atomic E-state index is 12.3. The summed E-state index contributed by atoms with van der Waals surface area (Å²) in [7, 11) is 1.80. The first-order valence-electron chi connectivity index (χ1n) is 6.69. The summed E-state index contributed by atoms with van der Waals surface area (Å²) >= 11 is 3.20. The van der Waals surface area contributed by atoms with Gasteiger partial charge in [0.05, 0.1) is 16.7 Å². The molecule has 1 saturated heterocycles. The molecule has 1 aromatic rings. The molecule has 2 atom stereocenters. The van der Waals surface area contributed by atoms with Gasteiger partial charge in [0.15, 0.2) is 0 Å². The minimum atomic E-state index is -0.204. The van der Waals surface area contributed by atoms with Crippen molar-refractivity contribution >= 4 is 27.5 Å². The van der Waals surface area contributed by atoms with Crippen LogP contribution in [0, 0.1) is 5.92 Å². The molecule has 0 aliphatic carbocycles. The predicted molar refractivity (Wildman–Crippen MR) is 80.7 cm³/mol. The summed E-state index contributed by atoms with van der Waals surface area (Å²) in [4.78, 5) is 24.3. The van der Waals surface area contributed by atoms with E-state index in [2.05, 4.69) is 21.2 Å². The fraction of sp³-hybridized carbons (Fsp3) is 0.571. The topological polar surface area (TPSA) is 60.3 Å². The Balaban J connectivity index is 2.14. The Hall–Kier alpha value is -1.14. The summed E-state index contributed by atoms with van der Waals surface area (Å²) in [5.74, 6) is -0.223. The third kappa shape index (κ3) is 3.49. The average Bonchev–Trinajstić information content (AvgIpc) is 2.34. The maximum atomic E-state index is 12.3. The second kappa shape index (κ2) is 6.10. The van der Waals surface area contributed by atoms with Gasteiger partial charge < -0.3 is 14.6 Å². The Kier molecular flexibility index (Phi) is 4.65. The number of nitrogens with zero attached hydrogens (tertiary/aromatic N) is 1. The van der Waals surface area contributed by atoms with Gasteiger partial charge in [-0.25, -0.2) is 0 Å². The van der Waals surface area contributed by atoms with Gasteiger partial charge in [-0.2, -0.15) is 0 Å². The molecule has 0 spiro atoms. The van der Waals surface area contributed by atoms with Gasteiger partial charge in [-0.3, -0.25) is 9.59 Å². The third-order valence-corrected chi connectivity index (χ3v) is 4.00. The Morgan fingerprint density at radius 1 is 1.35 bits per heavy atom. The number of pyridine rings is 1. The molecule has 1 aromatic heterocycles. The second-order valence-corrected chi connectivity index (χ2v) is 6.28. The molecule has 2 unspecified atom stereocenters. The minimum absolute atomic E-state index is 0.0693. The van der Waals surface area contributed by atoms with E-state index >= 15 is 0 Å². The van der Waals surface area contributed by atoms with Crippen LogP contribution in [0.25, 0.3) is 0 Å². The second-order valence-electron chi connectivity index (χ2n) is 5.43. The Morgan fingerprint density at radius 3 is 2.55 bits per heavy atom. The van der Waals surface area contributed by atoms with Crippen molar-refractivity contribution in [3.63, 3.8) is 0 Å². The highest BCUT2D eigenvalue weighted by Gasteiger charge is 2.29. The van der Waals surface area contributed by atoms with Crippen LogP contribution in [0.15, 0.2) is 21.7 Å². The molecule has 1 aliphatic rings. The molecular weight excluding hydrogens is 324 g/mol. The first-order valence-corrected chi connectivity index (χ1v) is 7.48. The van der Waals surface area contributed by atoms with Crippen molar-refractivity contribution in [3.8, 4) is 0 Å². The standard InChI is InChI=1S/C14H19BrN2O3/c1-8-4-10(5-9(2)20-8)14(19)16-12-7-17(3)6-11(15)13(12)18/h6-10H,4-5H2,1-3H3,(H,16,19). The number of aromatic nitrogens is 1. The number of anilines is 1. The molecule has 0 bridgehead atoms. The van der Waals surface area contributed by atoms with E-state index in [0.717, 1.165) is 0 Å². The van der Waals surface area contributed by atoms with Gasteiger partial charge in [0.1, 0.15) is 5.69 Å². The van der Waals surface area contributed by atoms with E-state index in [4.69, 9.17) is 4.74 Å². The van der Waals surface area contributed by atoms with E-state index in [1.54, 1.807) is 24.0 Å². The van der Waals surface area contributed by atoms with Gasteiger partial charge in [0.2, 0.25) is 11.3 Å². The lowest BCUT2D eigenvalue weighted by molar-refractivity contribution is -0.127. The number of aryl methyl sites for hydroxylation is 1. The Bertz CT molecular complexity index is 560. The zero-order valence-electron chi connectivity index (χ0n) is 11.9. The van der Waals surface area contributed by atoms with Crippen molar-refractivity contribution in [3.05, 3.63) is 27.1 Å². The number of rotatable bonds is 2. The monoisotopic (exact) mass is 342 g/mol. The van der Waals surface area contributed by atoms with Gasteiger partial charge in [-0.1, -0.05) is 0 Å². The van der Waals surface area contributed by atoms with Crippen molar-refractivity contribution in [2.45, 2.75) is 38.9 Å². The zero-order chi connectivity index (χ0) is 14.9. The molecule has 0 aromatic carbocycles. The van der Waals surface area contributed by atoms with Crippen LogP contribution in [0.1, 0.15) is 26.7 Å². The van der Waals surface area contributed by atoms with Gasteiger partial charge in [-0.15, -0.1) is 0 Å². The van der Waals surface area contributed by atoms with Gasteiger partial charge in [0, 0.05) is 25.4 Å². The van der Waals surface area contributed by atoms with E-state index < -0.39 is 0 Å². The lowest BCUT2D eigenvalue weighted by atomic mass is 9.92. The van der Waals surface area contributed by atoms with Gasteiger partial charge in [0.25, 0.3) is 0 Å². The van der Waals surface area contributed by atoms with E-state index in [-0.39, 0.29) is 29.5 Å².